The molecule has 4 aromatic rings. The summed E-state index contributed by atoms with van der Waals surface area (Å²) in [5.74, 6) is 0.513. The van der Waals surface area contributed by atoms with Crippen LogP contribution in [0, 0.1) is 0 Å². The number of imidazole rings is 1. The predicted octanol–water partition coefficient (Wildman–Crippen LogP) is 1.11. The summed E-state index contributed by atoms with van der Waals surface area (Å²) in [5.41, 5.74) is 8.76. The third-order valence-corrected chi connectivity index (χ3v) is 3.52. The van der Waals surface area contributed by atoms with Gasteiger partial charge >= 0.3 is 6.01 Å². The lowest BCUT2D eigenvalue weighted by molar-refractivity contribution is 0.272. The average Bonchev–Trinajstić information content (AvgIpc) is 3.15. The number of nitrogen functional groups attached to an aromatic ring is 1. The molecule has 0 aliphatic heterocycles. The van der Waals surface area contributed by atoms with Crippen molar-refractivity contribution in [3.63, 3.8) is 0 Å². The van der Waals surface area contributed by atoms with Crippen molar-refractivity contribution in [2.24, 2.45) is 7.05 Å². The number of nitrogens with two attached hydrogens (primary N) is 1. The molecule has 0 saturated carbocycles. The van der Waals surface area contributed by atoms with Gasteiger partial charge in [-0.2, -0.15) is 4.98 Å². The number of aromatic nitrogens is 7. The molecule has 9 nitrogen and oxygen atoms in total. The minimum absolute atomic E-state index is 0.236. The summed E-state index contributed by atoms with van der Waals surface area (Å²) in [6.07, 6.45) is 1.64. The van der Waals surface area contributed by atoms with Crippen molar-refractivity contribution in [1.29, 1.82) is 0 Å². The molecule has 4 rings (SSSR count). The van der Waals surface area contributed by atoms with Crippen molar-refractivity contribution in [1.82, 2.24) is 34.7 Å². The highest BCUT2D eigenvalue weighted by Gasteiger charge is 2.18. The van der Waals surface area contributed by atoms with Gasteiger partial charge in [-0.25, -0.2) is 9.25 Å². The van der Waals surface area contributed by atoms with E-state index in [-0.39, 0.29) is 6.61 Å². The van der Waals surface area contributed by atoms with Crippen LogP contribution in [0.4, 0.5) is 5.69 Å². The van der Waals surface area contributed by atoms with Crippen LogP contribution in [-0.4, -0.2) is 34.7 Å². The van der Waals surface area contributed by atoms with Crippen LogP contribution in [0.3, 0.4) is 0 Å². The summed E-state index contributed by atoms with van der Waals surface area (Å²) in [4.78, 5) is 8.75. The maximum absolute atomic E-state index is 5.87. The first-order valence-corrected chi connectivity index (χ1v) is 7.26. The molecule has 24 heavy (non-hydrogen) atoms. The lowest BCUT2D eigenvalue weighted by Gasteiger charge is -2.08. The van der Waals surface area contributed by atoms with Gasteiger partial charge in [-0.05, 0) is 34.7 Å². The molecule has 2 N–H and O–H groups in total. The van der Waals surface area contributed by atoms with E-state index in [4.69, 9.17) is 10.5 Å². The fourth-order valence-corrected chi connectivity index (χ4v) is 2.42. The van der Waals surface area contributed by atoms with Gasteiger partial charge in [0.25, 0.3) is 5.95 Å². The second-order valence-corrected chi connectivity index (χ2v) is 5.19. The molecule has 0 aliphatic carbocycles. The number of hydrogen-bond acceptors (Lipinski definition) is 7. The summed E-state index contributed by atoms with van der Waals surface area (Å²) >= 11 is 0. The van der Waals surface area contributed by atoms with Crippen LogP contribution in [-0.2, 0) is 13.7 Å². The minimum atomic E-state index is 0.236. The average molecular weight is 322 g/mol. The molecule has 3 aromatic heterocycles. The number of aryl methyl sites for hydroxylation is 1. The van der Waals surface area contributed by atoms with Crippen molar-refractivity contribution in [2.45, 2.75) is 6.61 Å². The van der Waals surface area contributed by atoms with E-state index in [0.29, 0.717) is 23.3 Å². The maximum atomic E-state index is 5.87. The molecular weight excluding hydrogens is 308 g/mol. The Kier molecular flexibility index (Phi) is 3.30. The largest absolute Gasteiger partial charge is 0.458 e. The molecule has 3 heterocycles. The number of pyridine rings is 1. The molecule has 0 atom stereocenters. The number of nitrogens with zero attached hydrogens (tertiary/aromatic N) is 7. The number of hydrogen-bond donors (Lipinski definition) is 1. The third kappa shape index (κ3) is 2.41. The van der Waals surface area contributed by atoms with Gasteiger partial charge in [0.2, 0.25) is 0 Å². The van der Waals surface area contributed by atoms with Crippen LogP contribution in [0.15, 0.2) is 42.6 Å². The molecule has 0 saturated heterocycles. The summed E-state index contributed by atoms with van der Waals surface area (Å²) in [6.45, 7) is 0.236. The monoisotopic (exact) mass is 322 g/mol. The van der Waals surface area contributed by atoms with Crippen molar-refractivity contribution < 1.29 is 4.74 Å². The number of anilines is 1. The van der Waals surface area contributed by atoms with Gasteiger partial charge in [-0.3, -0.25) is 4.98 Å². The lowest BCUT2D eigenvalue weighted by Crippen LogP contribution is -2.08. The van der Waals surface area contributed by atoms with Crippen molar-refractivity contribution in [3.05, 3.63) is 48.3 Å². The van der Waals surface area contributed by atoms with Crippen LogP contribution >= 0.6 is 0 Å². The van der Waals surface area contributed by atoms with Gasteiger partial charge in [-0.15, -0.1) is 0 Å². The third-order valence-electron chi connectivity index (χ3n) is 3.52. The molecule has 1 aromatic carbocycles. The Bertz CT molecular complexity index is 1010. The van der Waals surface area contributed by atoms with E-state index in [1.807, 2.05) is 24.3 Å². The molecule has 0 spiro atoms. The second kappa shape index (κ2) is 5.61. The van der Waals surface area contributed by atoms with E-state index in [1.165, 1.54) is 0 Å². The first kappa shape index (κ1) is 14.1. The van der Waals surface area contributed by atoms with Crippen LogP contribution in [0.5, 0.6) is 6.01 Å². The van der Waals surface area contributed by atoms with Crippen LogP contribution in [0.2, 0.25) is 0 Å². The lowest BCUT2D eigenvalue weighted by atomic mass is 10.3. The van der Waals surface area contributed by atoms with Crippen LogP contribution in [0.25, 0.3) is 17.0 Å². The molecule has 120 valence electrons. The Balaban J connectivity index is 1.76. The smallest absolute Gasteiger partial charge is 0.305 e. The molecule has 9 heteroatoms. The van der Waals surface area contributed by atoms with E-state index in [2.05, 4.69) is 25.5 Å². The topological polar surface area (TPSA) is 110 Å². The molecule has 0 radical (unpaired) electrons. The van der Waals surface area contributed by atoms with Gasteiger partial charge in [0, 0.05) is 18.9 Å². The standard InChI is InChI=1S/C15H14N8O/c1-22-14(19-20-21-22)23-13-5-3-2-4-12(13)18-15(23)24-9-11-8-10(16)6-7-17-11/h2-8H,9H2,1H3,(H2,16,17). The number of fused-ring (bicyclic) bond motifs is 1. The zero-order valence-corrected chi connectivity index (χ0v) is 12.9. The fourth-order valence-electron chi connectivity index (χ4n) is 2.42. The summed E-state index contributed by atoms with van der Waals surface area (Å²) in [6, 6.07) is 11.6. The minimum Gasteiger partial charge on any atom is -0.458 e. The molecule has 0 fully saturated rings. The SMILES string of the molecule is Cn1nnnc1-n1c(OCc2cc(N)ccn2)nc2ccccc21. The van der Waals surface area contributed by atoms with Crippen molar-refractivity contribution in [2.75, 3.05) is 5.73 Å². The summed E-state index contributed by atoms with van der Waals surface area (Å²) in [5, 5.41) is 11.6. The highest BCUT2D eigenvalue weighted by molar-refractivity contribution is 5.78. The number of tetrazole rings is 1. The van der Waals surface area contributed by atoms with Crippen LogP contribution in [0.1, 0.15) is 5.69 Å². The Labute approximate surface area is 136 Å². The van der Waals surface area contributed by atoms with E-state index < -0.39 is 0 Å². The van der Waals surface area contributed by atoms with E-state index in [9.17, 15) is 0 Å². The first-order chi connectivity index (χ1) is 11.7. The molecule has 0 aliphatic rings. The van der Waals surface area contributed by atoms with E-state index >= 15 is 0 Å². The number of para-hydroxylation sites is 2. The predicted molar refractivity (Wildman–Crippen MR) is 86.4 cm³/mol. The zero-order chi connectivity index (χ0) is 16.5. The number of ether oxygens (including phenoxy) is 1. The molecule has 0 bridgehead atoms. The van der Waals surface area contributed by atoms with Gasteiger partial charge in [0.15, 0.2) is 0 Å². The maximum Gasteiger partial charge on any atom is 0.305 e. The Morgan fingerprint density at radius 3 is 2.88 bits per heavy atom. The van der Waals surface area contributed by atoms with Crippen molar-refractivity contribution in [3.8, 4) is 12.0 Å². The van der Waals surface area contributed by atoms with Crippen LogP contribution < -0.4 is 10.5 Å². The molecule has 0 amide bonds. The Morgan fingerprint density at radius 1 is 1.21 bits per heavy atom. The fraction of sp³-hybridized carbons (Fsp3) is 0.133. The van der Waals surface area contributed by atoms with Gasteiger partial charge in [-0.1, -0.05) is 17.2 Å². The normalized spacial score (nSPS) is 11.0. The second-order valence-electron chi connectivity index (χ2n) is 5.19. The zero-order valence-electron chi connectivity index (χ0n) is 12.9. The number of benzene rings is 1. The van der Waals surface area contributed by atoms with E-state index in [1.54, 1.807) is 34.6 Å². The van der Waals surface area contributed by atoms with Crippen molar-refractivity contribution >= 4 is 16.7 Å². The van der Waals surface area contributed by atoms with Gasteiger partial charge in [0.1, 0.15) is 6.61 Å². The first-order valence-electron chi connectivity index (χ1n) is 7.26. The Hall–Kier alpha value is -3.49. The molecule has 0 unspecified atom stereocenters. The summed E-state index contributed by atoms with van der Waals surface area (Å²) < 4.78 is 9.19. The molecular formula is C15H14N8O. The van der Waals surface area contributed by atoms with Gasteiger partial charge in [0.05, 0.1) is 16.7 Å². The van der Waals surface area contributed by atoms with Gasteiger partial charge < -0.3 is 10.5 Å². The highest BCUT2D eigenvalue weighted by atomic mass is 16.5. The van der Waals surface area contributed by atoms with E-state index in [0.717, 1.165) is 11.0 Å². The quantitative estimate of drug-likeness (QED) is 0.599. The summed E-state index contributed by atoms with van der Waals surface area (Å²) in [7, 11) is 1.76. The number of rotatable bonds is 4. The highest BCUT2D eigenvalue weighted by Crippen LogP contribution is 2.25. The Morgan fingerprint density at radius 2 is 2.08 bits per heavy atom.